The smallest absolute Gasteiger partial charge is 0.338 e. The van der Waals surface area contributed by atoms with Crippen molar-refractivity contribution in [2.75, 3.05) is 20.8 Å². The molecule has 0 amide bonds. The summed E-state index contributed by atoms with van der Waals surface area (Å²) in [5.74, 6) is 0.00207. The molecule has 210 valence electrons. The maximum atomic E-state index is 13.9. The number of fused-ring (bicyclic) bond motifs is 1. The van der Waals surface area contributed by atoms with Gasteiger partial charge in [0.25, 0.3) is 5.56 Å². The van der Waals surface area contributed by atoms with E-state index in [-0.39, 0.29) is 17.7 Å². The summed E-state index contributed by atoms with van der Waals surface area (Å²) in [5, 5.41) is 9.55. The summed E-state index contributed by atoms with van der Waals surface area (Å²) in [5.41, 5.74) is 1.27. The number of esters is 1. The van der Waals surface area contributed by atoms with E-state index in [1.807, 2.05) is 0 Å². The van der Waals surface area contributed by atoms with Crippen LogP contribution in [0.15, 0.2) is 80.1 Å². The molecule has 3 heterocycles. The van der Waals surface area contributed by atoms with Crippen LogP contribution in [0.4, 0.5) is 0 Å². The fourth-order valence-corrected chi connectivity index (χ4v) is 5.75. The van der Waals surface area contributed by atoms with Gasteiger partial charge < -0.3 is 23.7 Å². The largest absolute Gasteiger partial charge is 0.497 e. The number of nitrogens with zero attached hydrogens (tertiary/aromatic N) is 2. The number of furan rings is 1. The van der Waals surface area contributed by atoms with Gasteiger partial charge >= 0.3 is 11.9 Å². The Morgan fingerprint density at radius 2 is 1.90 bits per heavy atom. The molecule has 0 saturated heterocycles. The summed E-state index contributed by atoms with van der Waals surface area (Å²) in [7, 11) is 3.03. The van der Waals surface area contributed by atoms with Crippen LogP contribution < -0.4 is 24.4 Å². The number of benzene rings is 2. The number of methoxy groups -OCH3 is 2. The number of hydrogen-bond donors (Lipinski definition) is 1. The van der Waals surface area contributed by atoms with Crippen molar-refractivity contribution in [3.63, 3.8) is 0 Å². The van der Waals surface area contributed by atoms with E-state index in [2.05, 4.69) is 4.99 Å². The molecular formula is C30H26N2O8S. The van der Waals surface area contributed by atoms with Crippen molar-refractivity contribution in [2.45, 2.75) is 19.9 Å². The molecular weight excluding hydrogens is 548 g/mol. The van der Waals surface area contributed by atoms with Crippen molar-refractivity contribution < 1.29 is 33.3 Å². The van der Waals surface area contributed by atoms with Crippen LogP contribution in [0.25, 0.3) is 17.4 Å². The maximum absolute atomic E-state index is 13.9. The number of carbonyl (C=O) groups excluding carboxylic acids is 1. The van der Waals surface area contributed by atoms with Gasteiger partial charge in [0.2, 0.25) is 0 Å². The average molecular weight is 575 g/mol. The summed E-state index contributed by atoms with van der Waals surface area (Å²) in [6, 6.07) is 14.1. The number of thiazole rings is 1. The quantitative estimate of drug-likeness (QED) is 0.315. The van der Waals surface area contributed by atoms with Crippen LogP contribution >= 0.6 is 11.3 Å². The van der Waals surface area contributed by atoms with Gasteiger partial charge in [-0.3, -0.25) is 9.36 Å². The number of aromatic carboxylic acids is 1. The van der Waals surface area contributed by atoms with E-state index in [9.17, 15) is 19.5 Å². The van der Waals surface area contributed by atoms with Gasteiger partial charge in [0.15, 0.2) is 4.80 Å². The Bertz CT molecular complexity index is 1880. The standard InChI is InChI=1S/C30H26N2O8S/c1-5-39-29(36)25-16(2)31-30-32(26(25)21-14-17(37-3)10-12-22(21)38-4)27(33)24(41-30)15-18-11-13-23(40-18)19-8-6-7-9-20(19)28(34)35/h6-15,26H,5H2,1-4H3,(H,34,35)/b24-15-/t26-/m1/s1. The summed E-state index contributed by atoms with van der Waals surface area (Å²) in [6.07, 6.45) is 1.57. The van der Waals surface area contributed by atoms with Gasteiger partial charge in [-0.05, 0) is 50.2 Å². The molecule has 10 nitrogen and oxygen atoms in total. The van der Waals surface area contributed by atoms with Crippen molar-refractivity contribution >= 4 is 29.4 Å². The number of allylic oxidation sites excluding steroid dienone is 1. The van der Waals surface area contributed by atoms with Crippen LogP contribution in [0.5, 0.6) is 11.5 Å². The number of carboxylic acid groups (broad SMARTS) is 1. The molecule has 0 unspecified atom stereocenters. The van der Waals surface area contributed by atoms with E-state index < -0.39 is 23.5 Å². The molecule has 41 heavy (non-hydrogen) atoms. The van der Waals surface area contributed by atoms with E-state index >= 15 is 0 Å². The third kappa shape index (κ3) is 5.07. The van der Waals surface area contributed by atoms with Crippen LogP contribution in [0, 0.1) is 0 Å². The Labute approximate surface area is 238 Å². The molecule has 1 aliphatic heterocycles. The highest BCUT2D eigenvalue weighted by atomic mass is 32.1. The van der Waals surface area contributed by atoms with Crippen molar-refractivity contribution in [3.05, 3.63) is 102 Å². The van der Waals surface area contributed by atoms with Gasteiger partial charge in [-0.2, -0.15) is 0 Å². The number of ether oxygens (including phenoxy) is 3. The van der Waals surface area contributed by atoms with Crippen LogP contribution in [-0.2, 0) is 9.53 Å². The van der Waals surface area contributed by atoms with Gasteiger partial charge in [-0.25, -0.2) is 14.6 Å². The van der Waals surface area contributed by atoms with Crippen molar-refractivity contribution in [2.24, 2.45) is 4.99 Å². The predicted molar refractivity (Wildman–Crippen MR) is 151 cm³/mol. The Morgan fingerprint density at radius 3 is 2.61 bits per heavy atom. The molecule has 5 rings (SSSR count). The number of carbonyl (C=O) groups is 2. The van der Waals surface area contributed by atoms with Crippen molar-refractivity contribution in [1.82, 2.24) is 4.57 Å². The normalized spacial score (nSPS) is 14.8. The first kappa shape index (κ1) is 27.7. The summed E-state index contributed by atoms with van der Waals surface area (Å²) < 4.78 is 24.1. The maximum Gasteiger partial charge on any atom is 0.338 e. The number of carboxylic acids is 1. The highest BCUT2D eigenvalue weighted by Crippen LogP contribution is 2.38. The number of hydrogen-bond acceptors (Lipinski definition) is 9. The zero-order chi connectivity index (χ0) is 29.3. The average Bonchev–Trinajstić information content (AvgIpc) is 3.56. The number of rotatable bonds is 8. The van der Waals surface area contributed by atoms with E-state index in [1.165, 1.54) is 24.9 Å². The second-order valence-electron chi connectivity index (χ2n) is 8.96. The van der Waals surface area contributed by atoms with E-state index in [4.69, 9.17) is 18.6 Å². The first-order valence-electron chi connectivity index (χ1n) is 12.6. The van der Waals surface area contributed by atoms with Crippen molar-refractivity contribution in [3.8, 4) is 22.8 Å². The molecule has 0 saturated carbocycles. The molecule has 1 atom stereocenters. The molecule has 4 aromatic rings. The molecule has 0 spiro atoms. The summed E-state index contributed by atoms with van der Waals surface area (Å²) in [4.78, 5) is 43.7. The zero-order valence-corrected chi connectivity index (χ0v) is 23.5. The second kappa shape index (κ2) is 11.3. The third-order valence-electron chi connectivity index (χ3n) is 6.57. The Kier molecular flexibility index (Phi) is 7.62. The molecule has 2 aromatic carbocycles. The van der Waals surface area contributed by atoms with Gasteiger partial charge in [0, 0.05) is 17.2 Å². The topological polar surface area (TPSA) is 130 Å². The highest BCUT2D eigenvalue weighted by Gasteiger charge is 2.35. The lowest BCUT2D eigenvalue weighted by atomic mass is 9.95. The molecule has 0 radical (unpaired) electrons. The van der Waals surface area contributed by atoms with E-state index in [1.54, 1.807) is 68.5 Å². The summed E-state index contributed by atoms with van der Waals surface area (Å²) in [6.45, 7) is 3.55. The lowest BCUT2D eigenvalue weighted by Gasteiger charge is -2.26. The monoisotopic (exact) mass is 574 g/mol. The first-order valence-corrected chi connectivity index (χ1v) is 13.4. The molecule has 0 fully saturated rings. The summed E-state index contributed by atoms with van der Waals surface area (Å²) >= 11 is 1.14. The molecule has 11 heteroatoms. The van der Waals surface area contributed by atoms with Gasteiger partial charge in [-0.1, -0.05) is 29.5 Å². The van der Waals surface area contributed by atoms with Crippen molar-refractivity contribution in [1.29, 1.82) is 0 Å². The minimum Gasteiger partial charge on any atom is -0.497 e. The molecule has 1 N–H and O–H groups in total. The fourth-order valence-electron chi connectivity index (χ4n) is 4.73. The van der Waals surface area contributed by atoms with Gasteiger partial charge in [-0.15, -0.1) is 0 Å². The van der Waals surface area contributed by atoms with Crippen LogP contribution in [0.1, 0.15) is 41.6 Å². The molecule has 0 bridgehead atoms. The third-order valence-corrected chi connectivity index (χ3v) is 7.55. The van der Waals surface area contributed by atoms with Crippen LogP contribution in [0.3, 0.4) is 0 Å². The van der Waals surface area contributed by atoms with Gasteiger partial charge in [0.1, 0.15) is 29.1 Å². The second-order valence-corrected chi connectivity index (χ2v) is 9.97. The minimum atomic E-state index is -1.08. The zero-order valence-electron chi connectivity index (χ0n) is 22.7. The predicted octanol–water partition coefficient (Wildman–Crippen LogP) is 3.77. The Hall–Kier alpha value is -4.90. The lowest BCUT2D eigenvalue weighted by Crippen LogP contribution is -2.40. The molecule has 2 aromatic heterocycles. The van der Waals surface area contributed by atoms with Crippen LogP contribution in [0.2, 0.25) is 0 Å². The lowest BCUT2D eigenvalue weighted by molar-refractivity contribution is -0.139. The molecule has 1 aliphatic rings. The highest BCUT2D eigenvalue weighted by molar-refractivity contribution is 7.07. The minimum absolute atomic E-state index is 0.0991. The van der Waals surface area contributed by atoms with E-state index in [0.717, 1.165) is 11.3 Å². The van der Waals surface area contributed by atoms with Gasteiger partial charge in [0.05, 0.1) is 42.2 Å². The molecule has 0 aliphatic carbocycles. The Balaban J connectivity index is 1.69. The van der Waals surface area contributed by atoms with Crippen LogP contribution in [-0.4, -0.2) is 42.4 Å². The number of aromatic nitrogens is 1. The van der Waals surface area contributed by atoms with E-state index in [0.29, 0.717) is 49.2 Å². The SMILES string of the molecule is CCOC(=O)C1=C(C)N=c2s/c(=C\c3ccc(-c4ccccc4C(=O)O)o3)c(=O)n2[C@@H]1c1cc(OC)ccc1OC. The Morgan fingerprint density at radius 1 is 1.12 bits per heavy atom. The first-order chi connectivity index (χ1) is 19.8. The fraction of sp³-hybridized carbons (Fsp3) is 0.200.